The zero-order chi connectivity index (χ0) is 10.7. The van der Waals surface area contributed by atoms with Crippen LogP contribution in [0.3, 0.4) is 0 Å². The van der Waals surface area contributed by atoms with Gasteiger partial charge in [-0.3, -0.25) is 4.79 Å². The molecule has 2 unspecified atom stereocenters. The Bertz CT molecular complexity index is 363. The van der Waals surface area contributed by atoms with E-state index in [1.54, 1.807) is 6.92 Å². The largest absolute Gasteiger partial charge is 0.389 e. The van der Waals surface area contributed by atoms with Gasteiger partial charge in [-0.15, -0.1) is 0 Å². The fourth-order valence-electron chi connectivity index (χ4n) is 1.21. The number of hydrogen-bond acceptors (Lipinski definition) is 4. The average Bonchev–Trinajstić information content (AvgIpc) is 2.15. The topological polar surface area (TPSA) is 73.3 Å². The van der Waals surface area contributed by atoms with Crippen molar-refractivity contribution in [2.75, 3.05) is 5.75 Å². The van der Waals surface area contributed by atoms with Crippen LogP contribution in [0.25, 0.3) is 0 Å². The van der Waals surface area contributed by atoms with Crippen molar-refractivity contribution in [2.24, 2.45) is 0 Å². The predicted molar refractivity (Wildman–Crippen MR) is 56.6 cm³/mol. The molecular formula is C9H13NO3S. The maximum atomic E-state index is 10.9. The molecule has 0 aliphatic heterocycles. The summed E-state index contributed by atoms with van der Waals surface area (Å²) in [5.41, 5.74) is 0.951. The lowest BCUT2D eigenvalue weighted by atomic mass is 10.0. The number of rotatable bonds is 3. The highest BCUT2D eigenvalue weighted by molar-refractivity contribution is 7.80. The molecule has 1 aromatic rings. The molecule has 0 saturated carbocycles. The van der Waals surface area contributed by atoms with Crippen LogP contribution in [0.4, 0.5) is 0 Å². The lowest BCUT2D eigenvalue weighted by Gasteiger charge is -2.17. The fourth-order valence-corrected chi connectivity index (χ4v) is 1.41. The van der Waals surface area contributed by atoms with Crippen LogP contribution >= 0.6 is 12.6 Å². The van der Waals surface area contributed by atoms with E-state index in [1.165, 1.54) is 12.3 Å². The summed E-state index contributed by atoms with van der Waals surface area (Å²) in [5.74, 6) is 0.166. The van der Waals surface area contributed by atoms with Gasteiger partial charge in [0.25, 0.3) is 0 Å². The quantitative estimate of drug-likeness (QED) is 0.537. The molecule has 0 bridgehead atoms. The Labute approximate surface area is 87.0 Å². The number of hydrogen-bond donors (Lipinski definition) is 4. The molecule has 0 radical (unpaired) electrons. The second kappa shape index (κ2) is 4.63. The van der Waals surface area contributed by atoms with Crippen molar-refractivity contribution in [3.63, 3.8) is 0 Å². The Morgan fingerprint density at radius 2 is 2.21 bits per heavy atom. The molecule has 0 fully saturated rings. The minimum atomic E-state index is -1.01. The summed E-state index contributed by atoms with van der Waals surface area (Å²) in [6, 6.07) is 1.38. The van der Waals surface area contributed by atoms with Crippen LogP contribution in [0.15, 0.2) is 17.1 Å². The third kappa shape index (κ3) is 2.37. The maximum Gasteiger partial charge on any atom is 0.248 e. The van der Waals surface area contributed by atoms with E-state index in [0.29, 0.717) is 11.1 Å². The first-order valence-electron chi connectivity index (χ1n) is 4.22. The average molecular weight is 215 g/mol. The zero-order valence-electron chi connectivity index (χ0n) is 7.77. The third-order valence-corrected chi connectivity index (χ3v) is 2.42. The number of H-pyrrole nitrogens is 1. The van der Waals surface area contributed by atoms with Crippen molar-refractivity contribution < 1.29 is 10.2 Å². The Kier molecular flexibility index (Phi) is 3.74. The van der Waals surface area contributed by atoms with Gasteiger partial charge in [0, 0.05) is 23.6 Å². The third-order valence-electron chi connectivity index (χ3n) is 2.04. The van der Waals surface area contributed by atoms with Gasteiger partial charge in [-0.2, -0.15) is 12.6 Å². The molecule has 0 aromatic carbocycles. The van der Waals surface area contributed by atoms with Gasteiger partial charge < -0.3 is 15.2 Å². The molecule has 0 aliphatic rings. The highest BCUT2D eigenvalue weighted by atomic mass is 32.1. The second-order valence-corrected chi connectivity index (χ2v) is 3.50. The van der Waals surface area contributed by atoms with Crippen LogP contribution < -0.4 is 5.56 Å². The lowest BCUT2D eigenvalue weighted by Crippen LogP contribution is -2.22. The Hall–Kier alpha value is -0.780. The van der Waals surface area contributed by atoms with Crippen LogP contribution in [-0.4, -0.2) is 27.1 Å². The standard InChI is InChI=1S/C9H13NO3S/c1-5-2-8(12)10-3-6(5)9(13)7(11)4-14/h2-3,7,9,11,13-14H,4H2,1H3,(H,10,12). The summed E-state index contributed by atoms with van der Waals surface area (Å²) in [6.07, 6.45) is -0.526. The van der Waals surface area contributed by atoms with E-state index in [4.69, 9.17) is 0 Å². The number of thiol groups is 1. The summed E-state index contributed by atoms with van der Waals surface area (Å²) in [4.78, 5) is 13.3. The zero-order valence-corrected chi connectivity index (χ0v) is 8.66. The van der Waals surface area contributed by atoms with Crippen molar-refractivity contribution in [3.05, 3.63) is 33.7 Å². The SMILES string of the molecule is Cc1cc(=O)[nH]cc1C(O)C(O)CS. The number of pyridine rings is 1. The first-order valence-corrected chi connectivity index (χ1v) is 4.85. The molecule has 0 saturated heterocycles. The number of aryl methyl sites for hydroxylation is 1. The minimum Gasteiger partial charge on any atom is -0.389 e. The minimum absolute atomic E-state index is 0.166. The van der Waals surface area contributed by atoms with Gasteiger partial charge in [0.1, 0.15) is 6.10 Å². The van der Waals surface area contributed by atoms with Crippen molar-refractivity contribution in [1.82, 2.24) is 4.98 Å². The van der Waals surface area contributed by atoms with E-state index >= 15 is 0 Å². The van der Waals surface area contributed by atoms with Crippen LogP contribution in [0.1, 0.15) is 17.2 Å². The lowest BCUT2D eigenvalue weighted by molar-refractivity contribution is 0.0331. The first-order chi connectivity index (χ1) is 6.56. The van der Waals surface area contributed by atoms with E-state index in [-0.39, 0.29) is 11.3 Å². The molecule has 0 spiro atoms. The smallest absolute Gasteiger partial charge is 0.248 e. The Morgan fingerprint density at radius 1 is 1.57 bits per heavy atom. The second-order valence-electron chi connectivity index (χ2n) is 3.13. The van der Waals surface area contributed by atoms with E-state index in [2.05, 4.69) is 17.6 Å². The number of aromatic nitrogens is 1. The molecular weight excluding hydrogens is 202 g/mol. The van der Waals surface area contributed by atoms with Gasteiger partial charge >= 0.3 is 0 Å². The van der Waals surface area contributed by atoms with Crippen molar-refractivity contribution >= 4 is 12.6 Å². The van der Waals surface area contributed by atoms with E-state index < -0.39 is 12.2 Å². The first kappa shape index (κ1) is 11.3. The molecule has 0 amide bonds. The summed E-state index contributed by atoms with van der Waals surface area (Å²) in [7, 11) is 0. The van der Waals surface area contributed by atoms with Crippen LogP contribution in [0, 0.1) is 6.92 Å². The van der Waals surface area contributed by atoms with Gasteiger partial charge in [0.2, 0.25) is 5.56 Å². The number of nitrogens with one attached hydrogen (secondary N) is 1. The predicted octanol–water partition coefficient (Wildman–Crippen LogP) is 0.00742. The van der Waals surface area contributed by atoms with Gasteiger partial charge in [-0.25, -0.2) is 0 Å². The molecule has 1 heterocycles. The van der Waals surface area contributed by atoms with E-state index in [1.807, 2.05) is 0 Å². The molecule has 2 atom stereocenters. The monoisotopic (exact) mass is 215 g/mol. The molecule has 78 valence electrons. The summed E-state index contributed by atoms with van der Waals surface area (Å²) in [5, 5.41) is 19.0. The van der Waals surface area contributed by atoms with Gasteiger partial charge in [-0.05, 0) is 12.5 Å². The molecule has 5 heteroatoms. The van der Waals surface area contributed by atoms with Crippen molar-refractivity contribution in [1.29, 1.82) is 0 Å². The van der Waals surface area contributed by atoms with E-state index in [0.717, 1.165) is 0 Å². The van der Waals surface area contributed by atoms with E-state index in [9.17, 15) is 15.0 Å². The number of aliphatic hydroxyl groups excluding tert-OH is 2. The van der Waals surface area contributed by atoms with Crippen LogP contribution in [0.2, 0.25) is 0 Å². The normalized spacial score (nSPS) is 15.1. The molecule has 0 aliphatic carbocycles. The summed E-state index contributed by atoms with van der Waals surface area (Å²) >= 11 is 3.88. The van der Waals surface area contributed by atoms with Gasteiger partial charge in [0.05, 0.1) is 6.10 Å². The Morgan fingerprint density at radius 3 is 2.71 bits per heavy atom. The van der Waals surface area contributed by atoms with Gasteiger partial charge in [0.15, 0.2) is 0 Å². The molecule has 3 N–H and O–H groups in total. The Balaban J connectivity index is 3.01. The number of aromatic amines is 1. The van der Waals surface area contributed by atoms with Crippen molar-refractivity contribution in [3.8, 4) is 0 Å². The van der Waals surface area contributed by atoms with Crippen LogP contribution in [-0.2, 0) is 0 Å². The highest BCUT2D eigenvalue weighted by Gasteiger charge is 2.18. The summed E-state index contributed by atoms with van der Waals surface area (Å²) in [6.45, 7) is 1.71. The highest BCUT2D eigenvalue weighted by Crippen LogP contribution is 2.19. The molecule has 1 aromatic heterocycles. The van der Waals surface area contributed by atoms with Gasteiger partial charge in [-0.1, -0.05) is 0 Å². The summed E-state index contributed by atoms with van der Waals surface area (Å²) < 4.78 is 0. The molecule has 1 rings (SSSR count). The molecule has 4 nitrogen and oxygen atoms in total. The molecule has 14 heavy (non-hydrogen) atoms. The van der Waals surface area contributed by atoms with Crippen LogP contribution in [0.5, 0.6) is 0 Å². The fraction of sp³-hybridized carbons (Fsp3) is 0.444. The number of aliphatic hydroxyl groups is 2. The van der Waals surface area contributed by atoms with Crippen molar-refractivity contribution in [2.45, 2.75) is 19.1 Å². The maximum absolute atomic E-state index is 10.9.